The Morgan fingerprint density at radius 3 is 2.27 bits per heavy atom. The first-order valence-corrected chi connectivity index (χ1v) is 8.25. The number of halogens is 1. The zero-order valence-electron chi connectivity index (χ0n) is 15.3. The zero-order valence-corrected chi connectivity index (χ0v) is 17.7. The Morgan fingerprint density at radius 1 is 1.00 bits per heavy atom. The van der Waals surface area contributed by atoms with Crippen molar-refractivity contribution in [3.8, 4) is 17.2 Å². The van der Waals surface area contributed by atoms with E-state index in [-0.39, 0.29) is 24.0 Å². The Morgan fingerprint density at radius 2 is 1.65 bits per heavy atom. The number of methoxy groups -OCH3 is 1. The molecule has 142 valence electrons. The Bertz CT molecular complexity index is 706. The van der Waals surface area contributed by atoms with E-state index in [1.807, 2.05) is 56.3 Å². The summed E-state index contributed by atoms with van der Waals surface area (Å²) >= 11 is 0. The summed E-state index contributed by atoms with van der Waals surface area (Å²) in [5.74, 6) is 2.57. The van der Waals surface area contributed by atoms with E-state index >= 15 is 0 Å². The van der Waals surface area contributed by atoms with Gasteiger partial charge >= 0.3 is 0 Å². The van der Waals surface area contributed by atoms with Crippen molar-refractivity contribution in [1.82, 2.24) is 0 Å². The van der Waals surface area contributed by atoms with Gasteiger partial charge < -0.3 is 25.3 Å². The van der Waals surface area contributed by atoms with E-state index in [1.54, 1.807) is 7.11 Å². The van der Waals surface area contributed by atoms with Crippen LogP contribution in [0.4, 0.5) is 5.69 Å². The minimum Gasteiger partial charge on any atom is -0.497 e. The highest BCUT2D eigenvalue weighted by Gasteiger charge is 2.07. The van der Waals surface area contributed by atoms with Gasteiger partial charge in [-0.25, -0.2) is 4.99 Å². The molecule has 2 rings (SSSR count). The van der Waals surface area contributed by atoms with Gasteiger partial charge in [0.1, 0.15) is 17.2 Å². The van der Waals surface area contributed by atoms with Crippen LogP contribution in [0, 0.1) is 0 Å². The molecule has 2 aromatic carbocycles. The molecule has 0 radical (unpaired) electrons. The van der Waals surface area contributed by atoms with E-state index in [4.69, 9.17) is 19.9 Å². The van der Waals surface area contributed by atoms with E-state index in [2.05, 4.69) is 10.3 Å². The first kappa shape index (κ1) is 21.9. The van der Waals surface area contributed by atoms with Gasteiger partial charge in [-0.1, -0.05) is 12.1 Å². The van der Waals surface area contributed by atoms with E-state index in [9.17, 15) is 0 Å². The summed E-state index contributed by atoms with van der Waals surface area (Å²) in [4.78, 5) is 4.37. The molecule has 26 heavy (non-hydrogen) atoms. The van der Waals surface area contributed by atoms with Crippen LogP contribution in [0.25, 0.3) is 0 Å². The second-order valence-corrected chi connectivity index (χ2v) is 5.20. The molecule has 2 aromatic rings. The highest BCUT2D eigenvalue weighted by Crippen LogP contribution is 2.29. The molecule has 0 aliphatic carbocycles. The quantitative estimate of drug-likeness (QED) is 0.345. The lowest BCUT2D eigenvalue weighted by molar-refractivity contribution is 0.332. The van der Waals surface area contributed by atoms with E-state index < -0.39 is 0 Å². The van der Waals surface area contributed by atoms with Crippen LogP contribution in [0.2, 0.25) is 0 Å². The molecule has 0 amide bonds. The largest absolute Gasteiger partial charge is 0.497 e. The number of anilines is 1. The third kappa shape index (κ3) is 6.62. The van der Waals surface area contributed by atoms with Crippen LogP contribution < -0.4 is 25.3 Å². The second kappa shape index (κ2) is 11.5. The summed E-state index contributed by atoms with van der Waals surface area (Å²) in [7, 11) is 1.64. The van der Waals surface area contributed by atoms with Crippen molar-refractivity contribution >= 4 is 35.6 Å². The summed E-state index contributed by atoms with van der Waals surface area (Å²) in [5, 5.41) is 3.08. The lowest BCUT2D eigenvalue weighted by Crippen LogP contribution is -2.23. The number of nitrogens with one attached hydrogen (secondary N) is 1. The number of hydrogen-bond donors (Lipinski definition) is 2. The third-order valence-electron chi connectivity index (χ3n) is 3.42. The normalized spacial score (nSPS) is 10.7. The molecule has 0 aliphatic heterocycles. The van der Waals surface area contributed by atoms with Gasteiger partial charge in [-0.15, -0.1) is 24.0 Å². The summed E-state index contributed by atoms with van der Waals surface area (Å²) in [6.07, 6.45) is 0. The number of nitrogens with two attached hydrogens (primary N) is 1. The predicted molar refractivity (Wildman–Crippen MR) is 116 cm³/mol. The molecule has 0 aliphatic rings. The summed E-state index contributed by atoms with van der Waals surface area (Å²) < 4.78 is 16.3. The number of nitrogens with zero attached hydrogens (tertiary/aromatic N) is 1. The third-order valence-corrected chi connectivity index (χ3v) is 3.42. The van der Waals surface area contributed by atoms with Gasteiger partial charge in [0, 0.05) is 6.07 Å². The molecule has 0 bridgehead atoms. The average Bonchev–Trinajstić information content (AvgIpc) is 2.63. The molecule has 0 atom stereocenters. The summed E-state index contributed by atoms with van der Waals surface area (Å²) in [6, 6.07) is 13.3. The van der Waals surface area contributed by atoms with Gasteiger partial charge in [0.15, 0.2) is 5.96 Å². The van der Waals surface area contributed by atoms with Crippen molar-refractivity contribution in [2.24, 2.45) is 10.7 Å². The van der Waals surface area contributed by atoms with Crippen molar-refractivity contribution in [2.75, 3.05) is 25.6 Å². The Balaban J connectivity index is 0.00000338. The first-order chi connectivity index (χ1) is 12.2. The van der Waals surface area contributed by atoms with E-state index in [0.717, 1.165) is 22.7 Å². The summed E-state index contributed by atoms with van der Waals surface area (Å²) in [5.41, 5.74) is 7.78. The maximum absolute atomic E-state index is 6.02. The molecule has 0 unspecified atom stereocenters. The van der Waals surface area contributed by atoms with Gasteiger partial charge in [-0.3, -0.25) is 0 Å². The molecule has 3 N–H and O–H groups in total. The fourth-order valence-electron chi connectivity index (χ4n) is 2.23. The smallest absolute Gasteiger partial charge is 0.193 e. The number of rotatable bonds is 8. The fourth-order valence-corrected chi connectivity index (χ4v) is 2.23. The monoisotopic (exact) mass is 471 g/mol. The zero-order chi connectivity index (χ0) is 18.1. The lowest BCUT2D eigenvalue weighted by atomic mass is 10.2. The van der Waals surface area contributed by atoms with Crippen molar-refractivity contribution in [3.63, 3.8) is 0 Å². The van der Waals surface area contributed by atoms with E-state index in [0.29, 0.717) is 31.5 Å². The van der Waals surface area contributed by atoms with Gasteiger partial charge in [0.25, 0.3) is 0 Å². The molecule has 0 saturated heterocycles. The number of benzene rings is 2. The van der Waals surface area contributed by atoms with Crippen LogP contribution in [0.15, 0.2) is 47.5 Å². The second-order valence-electron chi connectivity index (χ2n) is 5.20. The molecule has 7 heteroatoms. The molecule has 0 spiro atoms. The highest BCUT2D eigenvalue weighted by molar-refractivity contribution is 14.0. The number of guanidine groups is 1. The first-order valence-electron chi connectivity index (χ1n) is 8.25. The minimum absolute atomic E-state index is 0. The predicted octanol–water partition coefficient (Wildman–Crippen LogP) is 4.04. The van der Waals surface area contributed by atoms with Gasteiger partial charge in [0.05, 0.1) is 32.6 Å². The lowest BCUT2D eigenvalue weighted by Gasteiger charge is -2.14. The van der Waals surface area contributed by atoms with Crippen LogP contribution in [-0.4, -0.2) is 26.3 Å². The molecule has 0 aromatic heterocycles. The Labute approximate surface area is 171 Å². The molecule has 0 saturated carbocycles. The molecule has 0 heterocycles. The van der Waals surface area contributed by atoms with Crippen molar-refractivity contribution < 1.29 is 14.2 Å². The van der Waals surface area contributed by atoms with Crippen molar-refractivity contribution in [2.45, 2.75) is 20.4 Å². The minimum atomic E-state index is 0. The van der Waals surface area contributed by atoms with E-state index in [1.165, 1.54) is 0 Å². The van der Waals surface area contributed by atoms with Crippen molar-refractivity contribution in [3.05, 3.63) is 48.0 Å². The standard InChI is InChI=1S/C19H25N3O3.HI/c1-4-24-16-10-11-18(25-5-2)17(12-16)22-19(20)21-13-14-6-8-15(23-3)9-7-14;/h6-12H,4-5,13H2,1-3H3,(H3,20,21,22);1H. The molecule has 6 nitrogen and oxygen atoms in total. The average molecular weight is 471 g/mol. The molecular weight excluding hydrogens is 445 g/mol. The summed E-state index contributed by atoms with van der Waals surface area (Å²) in [6.45, 7) is 5.49. The van der Waals surface area contributed by atoms with Crippen LogP contribution in [-0.2, 0) is 6.54 Å². The Kier molecular flexibility index (Phi) is 9.64. The molecule has 0 fully saturated rings. The maximum Gasteiger partial charge on any atom is 0.193 e. The number of aliphatic imine (C=N–C) groups is 1. The number of ether oxygens (including phenoxy) is 3. The number of hydrogen-bond acceptors (Lipinski definition) is 4. The topological polar surface area (TPSA) is 78.1 Å². The fraction of sp³-hybridized carbons (Fsp3) is 0.316. The van der Waals surface area contributed by atoms with Gasteiger partial charge in [-0.05, 0) is 43.7 Å². The van der Waals surface area contributed by atoms with Crippen molar-refractivity contribution in [1.29, 1.82) is 0 Å². The van der Waals surface area contributed by atoms with Crippen LogP contribution in [0.5, 0.6) is 17.2 Å². The van der Waals surface area contributed by atoms with Crippen LogP contribution in [0.3, 0.4) is 0 Å². The van der Waals surface area contributed by atoms with Crippen LogP contribution >= 0.6 is 24.0 Å². The Hall–Kier alpha value is -2.16. The highest BCUT2D eigenvalue weighted by atomic mass is 127. The van der Waals surface area contributed by atoms with Gasteiger partial charge in [0.2, 0.25) is 0 Å². The maximum atomic E-state index is 6.02. The SMILES string of the molecule is CCOc1ccc(OCC)c(NC(N)=NCc2ccc(OC)cc2)c1.I. The van der Waals surface area contributed by atoms with Gasteiger partial charge in [-0.2, -0.15) is 0 Å². The van der Waals surface area contributed by atoms with Crippen LogP contribution in [0.1, 0.15) is 19.4 Å². The molecular formula is C19H26IN3O3.